The summed E-state index contributed by atoms with van der Waals surface area (Å²) in [6, 6.07) is 0. The Labute approximate surface area is 92.0 Å². The van der Waals surface area contributed by atoms with E-state index in [4.69, 9.17) is 22.2 Å². The number of hydrogen-bond donors (Lipinski definition) is 1. The molecule has 9 heteroatoms. The van der Waals surface area contributed by atoms with Gasteiger partial charge in [0, 0.05) is 10.4 Å². The molecule has 0 spiro atoms. The third-order valence-electron chi connectivity index (χ3n) is 0. The smallest absolute Gasteiger partial charge is 0.759 e. The van der Waals surface area contributed by atoms with Crippen LogP contribution in [0.5, 0.6) is 0 Å². The molecule has 0 radical (unpaired) electrons. The van der Waals surface area contributed by atoms with Crippen molar-refractivity contribution < 1.29 is 70.6 Å². The Morgan fingerprint density at radius 3 is 1.22 bits per heavy atom. The maximum Gasteiger partial charge on any atom is 1.00 e. The van der Waals surface area contributed by atoms with Crippen LogP contribution in [0.15, 0.2) is 0 Å². The molecule has 0 aliphatic heterocycles. The van der Waals surface area contributed by atoms with Gasteiger partial charge in [-0.2, -0.15) is 0 Å². The first-order chi connectivity index (χ1) is 3.00. The van der Waals surface area contributed by atoms with E-state index in [2.05, 4.69) is 11.9 Å². The van der Waals surface area contributed by atoms with E-state index in [0.29, 0.717) is 0 Å². The maximum absolute atomic E-state index is 8.52. The van der Waals surface area contributed by atoms with Crippen molar-refractivity contribution in [2.45, 2.75) is 0 Å². The maximum atomic E-state index is 8.52. The average molecular weight is 178 g/mol. The standard InChI is InChI=1S/ClHO.Li.Na.H2O4S/c1-2;;;1-5(2,3)4/h2H;;;(H2,1,2,3,4)/q;2*+1;/p-2. The fraction of sp³-hybridized carbons (Fsp3) is 0. The molecule has 0 aromatic rings. The molecule has 0 aliphatic rings. The molecule has 5 nitrogen and oxygen atoms in total. The summed E-state index contributed by atoms with van der Waals surface area (Å²) in [5.74, 6) is 0. The van der Waals surface area contributed by atoms with Gasteiger partial charge in [-0.1, -0.05) is 0 Å². The molecular formula is HClLiNaO5S. The molecule has 0 saturated carbocycles. The summed E-state index contributed by atoms with van der Waals surface area (Å²) in [5, 5.41) is 0. The first-order valence-corrected chi connectivity index (χ1v) is 2.51. The van der Waals surface area contributed by atoms with Gasteiger partial charge in [-0.3, -0.25) is 13.1 Å². The van der Waals surface area contributed by atoms with E-state index in [0.717, 1.165) is 0 Å². The Hall–Kier alpha value is 1.72. The van der Waals surface area contributed by atoms with Crippen molar-refractivity contribution in [3.63, 3.8) is 0 Å². The zero-order chi connectivity index (χ0) is 6.50. The van der Waals surface area contributed by atoms with Crippen LogP contribution in [-0.4, -0.2) is 22.2 Å². The predicted octanol–water partition coefficient (Wildman–Crippen LogP) is -7.20. The molecule has 9 heavy (non-hydrogen) atoms. The minimum atomic E-state index is -5.17. The predicted molar refractivity (Wildman–Crippen MR) is 18.5 cm³/mol. The van der Waals surface area contributed by atoms with Crippen molar-refractivity contribution in [2.75, 3.05) is 0 Å². The van der Waals surface area contributed by atoms with Crippen molar-refractivity contribution in [1.82, 2.24) is 0 Å². The van der Waals surface area contributed by atoms with E-state index in [9.17, 15) is 0 Å². The fourth-order valence-corrected chi connectivity index (χ4v) is 0. The summed E-state index contributed by atoms with van der Waals surface area (Å²) in [6.45, 7) is 0. The molecule has 0 fully saturated rings. The molecule has 0 amide bonds. The van der Waals surface area contributed by atoms with Crippen molar-refractivity contribution in [1.29, 1.82) is 0 Å². The zero-order valence-electron chi connectivity index (χ0n) is 4.87. The molecular weight excluding hydrogens is 177 g/mol. The Morgan fingerprint density at radius 1 is 1.22 bits per heavy atom. The van der Waals surface area contributed by atoms with Gasteiger partial charge in [0.1, 0.15) is 0 Å². The van der Waals surface area contributed by atoms with Crippen LogP contribution in [0.2, 0.25) is 0 Å². The Bertz CT molecular complexity index is 100. The Kier molecular flexibility index (Phi) is 30.9. The van der Waals surface area contributed by atoms with Gasteiger partial charge in [0.05, 0.1) is 11.9 Å². The molecule has 0 rings (SSSR count). The largest absolute Gasteiger partial charge is 1.00 e. The van der Waals surface area contributed by atoms with Crippen molar-refractivity contribution in [3.05, 3.63) is 0 Å². The summed E-state index contributed by atoms with van der Waals surface area (Å²) in [5.41, 5.74) is 0. The van der Waals surface area contributed by atoms with Crippen LogP contribution in [0.4, 0.5) is 0 Å². The van der Waals surface area contributed by atoms with Crippen LogP contribution in [0.1, 0.15) is 0 Å². The van der Waals surface area contributed by atoms with Gasteiger partial charge in [-0.15, -0.1) is 0 Å². The van der Waals surface area contributed by atoms with Gasteiger partial charge in [-0.05, 0) is 0 Å². The number of hydrogen-bond acceptors (Lipinski definition) is 5. The molecule has 0 bridgehead atoms. The second-order valence-electron chi connectivity index (χ2n) is 0.408. The van der Waals surface area contributed by atoms with Gasteiger partial charge < -0.3 is 9.11 Å². The van der Waals surface area contributed by atoms with E-state index in [1.54, 1.807) is 0 Å². The topological polar surface area (TPSA) is 100 Å². The van der Waals surface area contributed by atoms with Crippen LogP contribution in [-0.2, 0) is 10.4 Å². The van der Waals surface area contributed by atoms with E-state index >= 15 is 0 Å². The molecule has 0 unspecified atom stereocenters. The van der Waals surface area contributed by atoms with Gasteiger partial charge in [0.25, 0.3) is 0 Å². The molecule has 46 valence electrons. The second kappa shape index (κ2) is 12.4. The second-order valence-corrected chi connectivity index (χ2v) is 1.22. The summed E-state index contributed by atoms with van der Waals surface area (Å²) in [6.07, 6.45) is 0. The third-order valence-corrected chi connectivity index (χ3v) is 0. The summed E-state index contributed by atoms with van der Waals surface area (Å²) < 4.78 is 40.6. The first-order valence-electron chi connectivity index (χ1n) is 0.836. The number of halogens is 1. The summed E-state index contributed by atoms with van der Waals surface area (Å²) >= 11 is 3.64. The quantitative estimate of drug-likeness (QED) is 0.226. The molecule has 0 atom stereocenters. The molecule has 0 heterocycles. The molecule has 0 aromatic heterocycles. The molecule has 0 aliphatic carbocycles. The van der Waals surface area contributed by atoms with Crippen molar-refractivity contribution in [2.24, 2.45) is 0 Å². The van der Waals surface area contributed by atoms with Gasteiger partial charge in [0.2, 0.25) is 0 Å². The minimum absolute atomic E-state index is 0. The summed E-state index contributed by atoms with van der Waals surface area (Å²) in [7, 11) is -5.17. The summed E-state index contributed by atoms with van der Waals surface area (Å²) in [4.78, 5) is 0. The van der Waals surface area contributed by atoms with E-state index < -0.39 is 10.4 Å². The van der Waals surface area contributed by atoms with E-state index in [1.165, 1.54) is 0 Å². The zero-order valence-corrected chi connectivity index (χ0v) is 8.44. The van der Waals surface area contributed by atoms with Gasteiger partial charge in [0.15, 0.2) is 0 Å². The van der Waals surface area contributed by atoms with E-state index in [1.807, 2.05) is 0 Å². The average Bonchev–Trinajstić information content (AvgIpc) is 1.36. The molecule has 0 aromatic carbocycles. The van der Waals surface area contributed by atoms with Gasteiger partial charge in [-0.25, -0.2) is 0 Å². The third kappa shape index (κ3) is 196. The first kappa shape index (κ1) is 22.4. The van der Waals surface area contributed by atoms with Crippen LogP contribution in [0.25, 0.3) is 0 Å². The Balaban J connectivity index is -0.0000000286. The number of rotatable bonds is 0. The van der Waals surface area contributed by atoms with Crippen molar-refractivity contribution in [3.8, 4) is 0 Å². The van der Waals surface area contributed by atoms with Crippen LogP contribution < -0.4 is 48.4 Å². The SMILES string of the molecule is O=S(=O)([O-])[O-].OCl.[Li+].[Na+]. The van der Waals surface area contributed by atoms with Gasteiger partial charge >= 0.3 is 48.4 Å². The van der Waals surface area contributed by atoms with Crippen LogP contribution in [0.3, 0.4) is 0 Å². The Morgan fingerprint density at radius 2 is 1.22 bits per heavy atom. The molecule has 0 saturated heterocycles. The normalized spacial score (nSPS) is 7.11. The fourth-order valence-electron chi connectivity index (χ4n) is 0. The minimum Gasteiger partial charge on any atom is -0.759 e. The van der Waals surface area contributed by atoms with Crippen LogP contribution in [0, 0.1) is 0 Å². The van der Waals surface area contributed by atoms with Crippen molar-refractivity contribution >= 4 is 22.3 Å². The van der Waals surface area contributed by atoms with Crippen LogP contribution >= 0.6 is 11.9 Å². The monoisotopic (exact) mass is 178 g/mol. The van der Waals surface area contributed by atoms with E-state index in [-0.39, 0.29) is 48.4 Å². The molecule has 1 N–H and O–H groups in total.